The molecular weight excluding hydrogens is 234 g/mol. The van der Waals surface area contributed by atoms with E-state index < -0.39 is 0 Å². The van der Waals surface area contributed by atoms with E-state index in [2.05, 4.69) is 10.3 Å². The minimum atomic E-state index is -0.0105. The van der Waals surface area contributed by atoms with Gasteiger partial charge in [-0.3, -0.25) is 4.79 Å². The van der Waals surface area contributed by atoms with Crippen molar-refractivity contribution in [1.82, 2.24) is 10.3 Å². The molecule has 92 valence electrons. The first kappa shape index (κ1) is 11.0. The number of thiazole rings is 1. The molecule has 1 heterocycles. The number of nitrogens with zero attached hydrogens (tertiary/aromatic N) is 1. The average molecular weight is 251 g/mol. The molecule has 2 fully saturated rings. The zero-order chi connectivity index (χ0) is 12.0. The number of hydrogen-bond donors (Lipinski definition) is 2. The molecule has 3 N–H and O–H groups in total. The van der Waals surface area contributed by atoms with Crippen LogP contribution in [0.4, 0.5) is 5.13 Å². The molecule has 0 bridgehead atoms. The van der Waals surface area contributed by atoms with Crippen molar-refractivity contribution in [3.8, 4) is 0 Å². The summed E-state index contributed by atoms with van der Waals surface area (Å²) in [5.41, 5.74) is 6.78. The lowest BCUT2D eigenvalue weighted by molar-refractivity contribution is 0.0946. The normalized spacial score (nSPS) is 21.2. The SMILES string of the molecule is Cc1nc(N)sc1C(=O)NCC1(C2CC2)CC1. The highest BCUT2D eigenvalue weighted by atomic mass is 32.1. The number of aryl methyl sites for hydroxylation is 1. The Hall–Kier alpha value is -1.10. The Labute approximate surface area is 105 Å². The van der Waals surface area contributed by atoms with E-state index >= 15 is 0 Å². The molecule has 0 atom stereocenters. The molecule has 4 nitrogen and oxygen atoms in total. The van der Waals surface area contributed by atoms with Crippen LogP contribution < -0.4 is 11.1 Å². The quantitative estimate of drug-likeness (QED) is 0.859. The van der Waals surface area contributed by atoms with Gasteiger partial charge in [-0.25, -0.2) is 4.98 Å². The summed E-state index contributed by atoms with van der Waals surface area (Å²) in [7, 11) is 0. The number of anilines is 1. The zero-order valence-corrected chi connectivity index (χ0v) is 10.8. The number of nitrogens with two attached hydrogens (primary N) is 1. The van der Waals surface area contributed by atoms with E-state index in [-0.39, 0.29) is 5.91 Å². The van der Waals surface area contributed by atoms with Crippen LogP contribution in [-0.2, 0) is 0 Å². The third-order valence-corrected chi connectivity index (χ3v) is 4.94. The maximum Gasteiger partial charge on any atom is 0.263 e. The van der Waals surface area contributed by atoms with Crippen LogP contribution in [0.3, 0.4) is 0 Å². The minimum absolute atomic E-state index is 0.0105. The van der Waals surface area contributed by atoms with Gasteiger partial charge in [-0.05, 0) is 43.9 Å². The molecule has 1 amide bonds. The first-order valence-electron chi connectivity index (χ1n) is 6.12. The number of hydrogen-bond acceptors (Lipinski definition) is 4. The first-order chi connectivity index (χ1) is 8.11. The number of rotatable bonds is 4. The van der Waals surface area contributed by atoms with Gasteiger partial charge in [0.1, 0.15) is 4.88 Å². The van der Waals surface area contributed by atoms with Crippen LogP contribution in [0.2, 0.25) is 0 Å². The van der Waals surface area contributed by atoms with Crippen molar-refractivity contribution in [2.45, 2.75) is 32.6 Å². The van der Waals surface area contributed by atoms with E-state index in [0.29, 0.717) is 15.4 Å². The second-order valence-corrected chi connectivity index (χ2v) is 6.32. The molecule has 2 saturated carbocycles. The standard InChI is InChI=1S/C12H17N3OS/c1-7-9(17-11(13)15-7)10(16)14-6-12(4-5-12)8-2-3-8/h8H,2-6H2,1H3,(H2,13,15)(H,14,16). The van der Waals surface area contributed by atoms with E-state index in [1.165, 1.54) is 37.0 Å². The molecule has 0 saturated heterocycles. The molecule has 1 aromatic rings. The van der Waals surface area contributed by atoms with Crippen LogP contribution in [-0.4, -0.2) is 17.4 Å². The fourth-order valence-corrected chi connectivity index (χ4v) is 3.30. The molecular formula is C12H17N3OS. The largest absolute Gasteiger partial charge is 0.375 e. The third kappa shape index (κ3) is 2.04. The second kappa shape index (κ2) is 3.70. The summed E-state index contributed by atoms with van der Waals surface area (Å²) in [6.07, 6.45) is 5.26. The maximum atomic E-state index is 12.0. The van der Waals surface area contributed by atoms with Gasteiger partial charge in [-0.15, -0.1) is 0 Å². The van der Waals surface area contributed by atoms with Crippen molar-refractivity contribution in [3.05, 3.63) is 10.6 Å². The Bertz CT molecular complexity index is 460. The number of nitrogen functional groups attached to an aromatic ring is 1. The second-order valence-electron chi connectivity index (χ2n) is 5.29. The monoisotopic (exact) mass is 251 g/mol. The van der Waals surface area contributed by atoms with Gasteiger partial charge >= 0.3 is 0 Å². The Morgan fingerprint density at radius 2 is 2.29 bits per heavy atom. The summed E-state index contributed by atoms with van der Waals surface area (Å²) in [4.78, 5) is 16.7. The van der Waals surface area contributed by atoms with Crippen molar-refractivity contribution in [2.24, 2.45) is 11.3 Å². The van der Waals surface area contributed by atoms with Gasteiger partial charge in [0.15, 0.2) is 5.13 Å². The van der Waals surface area contributed by atoms with Crippen LogP contribution in [0.1, 0.15) is 41.0 Å². The highest BCUT2D eigenvalue weighted by Gasteiger charge is 2.53. The molecule has 2 aliphatic carbocycles. The van der Waals surface area contributed by atoms with Crippen molar-refractivity contribution in [1.29, 1.82) is 0 Å². The van der Waals surface area contributed by atoms with Crippen LogP contribution >= 0.6 is 11.3 Å². The molecule has 1 aromatic heterocycles. The molecule has 0 spiro atoms. The molecule has 17 heavy (non-hydrogen) atoms. The van der Waals surface area contributed by atoms with Crippen LogP contribution in [0.5, 0.6) is 0 Å². The Morgan fingerprint density at radius 1 is 1.59 bits per heavy atom. The molecule has 0 unspecified atom stereocenters. The van der Waals surface area contributed by atoms with Gasteiger partial charge in [0, 0.05) is 6.54 Å². The fourth-order valence-electron chi connectivity index (χ4n) is 2.55. The predicted molar refractivity (Wildman–Crippen MR) is 68.0 cm³/mol. The summed E-state index contributed by atoms with van der Waals surface area (Å²) < 4.78 is 0. The van der Waals surface area contributed by atoms with Gasteiger partial charge in [0.05, 0.1) is 5.69 Å². The minimum Gasteiger partial charge on any atom is -0.375 e. The lowest BCUT2D eigenvalue weighted by Gasteiger charge is -2.14. The summed E-state index contributed by atoms with van der Waals surface area (Å²) in [5, 5.41) is 3.52. The highest BCUT2D eigenvalue weighted by Crippen LogP contribution is 2.60. The van der Waals surface area contributed by atoms with E-state index in [4.69, 9.17) is 5.73 Å². The summed E-state index contributed by atoms with van der Waals surface area (Å²) in [6.45, 7) is 2.66. The molecule has 0 aliphatic heterocycles. The van der Waals surface area contributed by atoms with E-state index in [1.54, 1.807) is 0 Å². The molecule has 3 rings (SSSR count). The Morgan fingerprint density at radius 3 is 2.76 bits per heavy atom. The van der Waals surface area contributed by atoms with Crippen LogP contribution in [0.15, 0.2) is 0 Å². The topological polar surface area (TPSA) is 68.0 Å². The van der Waals surface area contributed by atoms with Crippen molar-refractivity contribution in [3.63, 3.8) is 0 Å². The number of amides is 1. The smallest absolute Gasteiger partial charge is 0.263 e. The van der Waals surface area contributed by atoms with E-state index in [0.717, 1.165) is 18.2 Å². The third-order valence-electron chi connectivity index (χ3n) is 3.96. The summed E-state index contributed by atoms with van der Waals surface area (Å²) in [6, 6.07) is 0. The highest BCUT2D eigenvalue weighted by molar-refractivity contribution is 7.17. The Balaban J connectivity index is 1.62. The van der Waals surface area contributed by atoms with Crippen molar-refractivity contribution in [2.75, 3.05) is 12.3 Å². The maximum absolute atomic E-state index is 12.0. The van der Waals surface area contributed by atoms with Crippen LogP contribution in [0, 0.1) is 18.3 Å². The molecule has 0 aromatic carbocycles. The zero-order valence-electron chi connectivity index (χ0n) is 9.95. The van der Waals surface area contributed by atoms with Gasteiger partial charge in [0.25, 0.3) is 5.91 Å². The van der Waals surface area contributed by atoms with Gasteiger partial charge < -0.3 is 11.1 Å². The summed E-state index contributed by atoms with van der Waals surface area (Å²) >= 11 is 1.27. The molecule has 5 heteroatoms. The average Bonchev–Trinajstić information content (AvgIpc) is 3.13. The first-order valence-corrected chi connectivity index (χ1v) is 6.93. The number of carbonyl (C=O) groups excluding carboxylic acids is 1. The van der Waals surface area contributed by atoms with Gasteiger partial charge in [-0.1, -0.05) is 11.3 Å². The number of carbonyl (C=O) groups is 1. The predicted octanol–water partition coefficient (Wildman–Crippen LogP) is 1.95. The van der Waals surface area contributed by atoms with Gasteiger partial charge in [-0.2, -0.15) is 0 Å². The molecule has 2 aliphatic rings. The summed E-state index contributed by atoms with van der Waals surface area (Å²) in [5.74, 6) is 0.860. The number of nitrogens with one attached hydrogen (secondary N) is 1. The Kier molecular flexibility index (Phi) is 2.40. The van der Waals surface area contributed by atoms with Crippen molar-refractivity contribution >= 4 is 22.4 Å². The lowest BCUT2D eigenvalue weighted by Crippen LogP contribution is -2.31. The number of aromatic nitrogens is 1. The fraction of sp³-hybridized carbons (Fsp3) is 0.667. The lowest BCUT2D eigenvalue weighted by atomic mass is 10.0. The van der Waals surface area contributed by atoms with Gasteiger partial charge in [0.2, 0.25) is 0 Å². The van der Waals surface area contributed by atoms with E-state index in [1.807, 2.05) is 6.92 Å². The van der Waals surface area contributed by atoms with Crippen molar-refractivity contribution < 1.29 is 4.79 Å². The van der Waals surface area contributed by atoms with E-state index in [9.17, 15) is 4.79 Å². The van der Waals surface area contributed by atoms with Crippen LogP contribution in [0.25, 0.3) is 0 Å². The molecule has 0 radical (unpaired) electrons.